The lowest BCUT2D eigenvalue weighted by atomic mass is 9.76. The van der Waals surface area contributed by atoms with Crippen molar-refractivity contribution >= 4 is 17.3 Å². The molecule has 4 nitrogen and oxygen atoms in total. The Morgan fingerprint density at radius 3 is 2.06 bits per heavy atom. The van der Waals surface area contributed by atoms with Crippen LogP contribution in [0.3, 0.4) is 0 Å². The van der Waals surface area contributed by atoms with Gasteiger partial charge >= 0.3 is 0 Å². The van der Waals surface area contributed by atoms with Crippen LogP contribution in [0.15, 0.2) is 54.6 Å². The predicted octanol–water partition coefficient (Wildman–Crippen LogP) is 8.31. The highest BCUT2D eigenvalue weighted by Gasteiger charge is 2.27. The zero-order valence-corrected chi connectivity index (χ0v) is 22.5. The number of anilines is 2. The van der Waals surface area contributed by atoms with Gasteiger partial charge in [0.15, 0.2) is 0 Å². The van der Waals surface area contributed by atoms with Crippen molar-refractivity contribution in [2.75, 3.05) is 11.1 Å². The van der Waals surface area contributed by atoms with Crippen LogP contribution >= 0.6 is 0 Å². The topological polar surface area (TPSA) is 64.3 Å². The van der Waals surface area contributed by atoms with Gasteiger partial charge in [-0.25, -0.2) is 0 Å². The average Bonchev–Trinajstić information content (AvgIpc) is 2.82. The first-order chi connectivity index (χ1) is 16.4. The van der Waals surface area contributed by atoms with Crippen LogP contribution < -0.4 is 15.8 Å². The number of nitrogen functional groups attached to an aromatic ring is 1. The van der Waals surface area contributed by atoms with E-state index in [1.54, 1.807) is 18.2 Å². The first kappa shape index (κ1) is 26.3. The number of nitrogens with one attached hydrogen (secondary N) is 1. The van der Waals surface area contributed by atoms with E-state index in [0.717, 1.165) is 41.0 Å². The van der Waals surface area contributed by atoms with Crippen molar-refractivity contribution in [3.05, 3.63) is 82.4 Å². The molecule has 3 rings (SSSR count). The summed E-state index contributed by atoms with van der Waals surface area (Å²) in [5.74, 6) is 1.00. The third-order valence-corrected chi connectivity index (χ3v) is 7.45. The van der Waals surface area contributed by atoms with Gasteiger partial charge < -0.3 is 15.8 Å². The van der Waals surface area contributed by atoms with Gasteiger partial charge in [-0.15, -0.1) is 0 Å². The van der Waals surface area contributed by atoms with E-state index in [0.29, 0.717) is 17.0 Å². The standard InChI is InChI=1S/C31H40N2O2/c1-9-30(5,6)22-14-16-27(25(18-22)31(7,8)10-2)35-26-17-15-23(32)19-24(26)29(34)33-28-20(3)12-11-13-21(28)4/h11-19H,9-10,32H2,1-8H3,(H,33,34). The number of hydrogen-bond donors (Lipinski definition) is 2. The minimum atomic E-state index is -0.246. The molecule has 0 fully saturated rings. The zero-order valence-electron chi connectivity index (χ0n) is 22.5. The number of aryl methyl sites for hydroxylation is 2. The zero-order chi connectivity index (χ0) is 26.0. The third kappa shape index (κ3) is 5.70. The van der Waals surface area contributed by atoms with E-state index in [9.17, 15) is 4.79 Å². The maximum Gasteiger partial charge on any atom is 0.259 e. The Balaban J connectivity index is 2.06. The molecule has 0 aliphatic heterocycles. The molecule has 0 unspecified atom stereocenters. The number of rotatable bonds is 8. The van der Waals surface area contributed by atoms with Crippen LogP contribution in [0, 0.1) is 13.8 Å². The van der Waals surface area contributed by atoms with Crippen LogP contribution in [0.25, 0.3) is 0 Å². The molecule has 4 heteroatoms. The van der Waals surface area contributed by atoms with Crippen LogP contribution in [0.2, 0.25) is 0 Å². The maximum atomic E-state index is 13.4. The molecule has 0 aromatic heterocycles. The van der Waals surface area contributed by atoms with Crippen molar-refractivity contribution in [1.82, 2.24) is 0 Å². The number of para-hydroxylation sites is 1. The lowest BCUT2D eigenvalue weighted by Crippen LogP contribution is -2.21. The molecule has 0 aliphatic carbocycles. The molecule has 0 aliphatic rings. The molecular formula is C31H40N2O2. The molecule has 0 saturated heterocycles. The summed E-state index contributed by atoms with van der Waals surface area (Å²) in [4.78, 5) is 13.4. The van der Waals surface area contributed by atoms with E-state index >= 15 is 0 Å². The van der Waals surface area contributed by atoms with E-state index in [1.165, 1.54) is 5.56 Å². The number of ether oxygens (including phenoxy) is 1. The number of hydrogen-bond acceptors (Lipinski definition) is 3. The summed E-state index contributed by atoms with van der Waals surface area (Å²) in [5, 5.41) is 3.07. The SMILES string of the molecule is CCC(C)(C)c1ccc(Oc2ccc(N)cc2C(=O)Nc2c(C)cccc2C)c(C(C)(C)CC)c1. The van der Waals surface area contributed by atoms with E-state index in [1.807, 2.05) is 38.1 Å². The lowest BCUT2D eigenvalue weighted by Gasteiger charge is -2.30. The van der Waals surface area contributed by atoms with Crippen molar-refractivity contribution in [3.8, 4) is 11.5 Å². The Bertz CT molecular complexity index is 1200. The summed E-state index contributed by atoms with van der Waals surface area (Å²) in [6.45, 7) is 17.4. The smallest absolute Gasteiger partial charge is 0.259 e. The third-order valence-electron chi connectivity index (χ3n) is 7.45. The number of benzene rings is 3. The van der Waals surface area contributed by atoms with Crippen molar-refractivity contribution < 1.29 is 9.53 Å². The van der Waals surface area contributed by atoms with Crippen molar-refractivity contribution in [3.63, 3.8) is 0 Å². The summed E-state index contributed by atoms with van der Waals surface area (Å²) in [7, 11) is 0. The number of carbonyl (C=O) groups is 1. The average molecular weight is 473 g/mol. The molecular weight excluding hydrogens is 432 g/mol. The number of amides is 1. The van der Waals surface area contributed by atoms with Gasteiger partial charge in [-0.1, -0.05) is 71.9 Å². The Morgan fingerprint density at radius 2 is 1.46 bits per heavy atom. The minimum absolute atomic E-state index is 0.0642. The fourth-order valence-electron chi connectivity index (χ4n) is 4.09. The van der Waals surface area contributed by atoms with Gasteiger partial charge in [0.1, 0.15) is 11.5 Å². The number of carbonyl (C=O) groups excluding carboxylic acids is 1. The summed E-state index contributed by atoms with van der Waals surface area (Å²) in [5.41, 5.74) is 12.2. The Labute approximate surface area is 210 Å². The normalized spacial score (nSPS) is 11.9. The van der Waals surface area contributed by atoms with Gasteiger partial charge in [-0.3, -0.25) is 4.79 Å². The van der Waals surface area contributed by atoms with Crippen molar-refractivity contribution in [2.45, 2.75) is 79.1 Å². The molecule has 186 valence electrons. The van der Waals surface area contributed by atoms with Crippen LogP contribution in [0.1, 0.15) is 87.0 Å². The van der Waals surface area contributed by atoms with Gasteiger partial charge in [-0.2, -0.15) is 0 Å². The largest absolute Gasteiger partial charge is 0.456 e. The predicted molar refractivity (Wildman–Crippen MR) is 148 cm³/mol. The fourth-order valence-corrected chi connectivity index (χ4v) is 4.09. The van der Waals surface area contributed by atoms with E-state index < -0.39 is 0 Å². The van der Waals surface area contributed by atoms with Crippen LogP contribution in [-0.2, 0) is 10.8 Å². The molecule has 1 amide bonds. The first-order valence-corrected chi connectivity index (χ1v) is 12.5. The van der Waals surface area contributed by atoms with Crippen LogP contribution in [0.5, 0.6) is 11.5 Å². The van der Waals surface area contributed by atoms with E-state index in [-0.39, 0.29) is 16.7 Å². The molecule has 0 spiro atoms. The Morgan fingerprint density at radius 1 is 0.857 bits per heavy atom. The summed E-state index contributed by atoms with van der Waals surface area (Å²) < 4.78 is 6.49. The molecule has 0 radical (unpaired) electrons. The second kappa shape index (κ2) is 10.2. The quantitative estimate of drug-likeness (QED) is 0.324. The Kier molecular flexibility index (Phi) is 7.64. The summed E-state index contributed by atoms with van der Waals surface area (Å²) in [6, 6.07) is 17.6. The van der Waals surface area contributed by atoms with E-state index in [4.69, 9.17) is 10.5 Å². The monoisotopic (exact) mass is 472 g/mol. The molecule has 35 heavy (non-hydrogen) atoms. The number of nitrogens with two attached hydrogens (primary N) is 1. The highest BCUT2D eigenvalue weighted by molar-refractivity contribution is 6.07. The van der Waals surface area contributed by atoms with Crippen molar-refractivity contribution in [1.29, 1.82) is 0 Å². The van der Waals surface area contributed by atoms with Gasteiger partial charge in [0.2, 0.25) is 0 Å². The summed E-state index contributed by atoms with van der Waals surface area (Å²) in [6.07, 6.45) is 2.00. The lowest BCUT2D eigenvalue weighted by molar-refractivity contribution is 0.102. The summed E-state index contributed by atoms with van der Waals surface area (Å²) >= 11 is 0. The second-order valence-corrected chi connectivity index (χ2v) is 10.8. The minimum Gasteiger partial charge on any atom is -0.456 e. The van der Waals surface area contributed by atoms with Crippen molar-refractivity contribution in [2.24, 2.45) is 0 Å². The highest BCUT2D eigenvalue weighted by Crippen LogP contribution is 2.41. The van der Waals surface area contributed by atoms with Gasteiger partial charge in [-0.05, 0) is 78.5 Å². The maximum absolute atomic E-state index is 13.4. The van der Waals surface area contributed by atoms with Crippen LogP contribution in [-0.4, -0.2) is 5.91 Å². The highest BCUT2D eigenvalue weighted by atomic mass is 16.5. The first-order valence-electron chi connectivity index (χ1n) is 12.5. The fraction of sp³-hybridized carbons (Fsp3) is 0.387. The van der Waals surface area contributed by atoms with Gasteiger partial charge in [0.05, 0.1) is 5.56 Å². The molecule has 0 saturated carbocycles. The molecule has 3 aromatic carbocycles. The molecule has 3 N–H and O–H groups in total. The van der Waals surface area contributed by atoms with Gasteiger partial charge in [0, 0.05) is 16.9 Å². The second-order valence-electron chi connectivity index (χ2n) is 10.8. The molecule has 0 heterocycles. The molecule has 3 aromatic rings. The van der Waals surface area contributed by atoms with Crippen LogP contribution in [0.4, 0.5) is 11.4 Å². The Hall–Kier alpha value is -3.27. The molecule has 0 atom stereocenters. The molecule has 0 bridgehead atoms. The van der Waals surface area contributed by atoms with E-state index in [2.05, 4.69) is 59.0 Å². The van der Waals surface area contributed by atoms with Gasteiger partial charge in [0.25, 0.3) is 5.91 Å².